The second-order valence-corrected chi connectivity index (χ2v) is 7.50. The average Bonchev–Trinajstić information content (AvgIpc) is 3.11. The van der Waals surface area contributed by atoms with Crippen molar-refractivity contribution in [3.8, 4) is 0 Å². The number of alkyl halides is 3. The second-order valence-electron chi connectivity index (χ2n) is 7.50. The lowest BCUT2D eigenvalue weighted by molar-refractivity contribution is -0.136. The van der Waals surface area contributed by atoms with Gasteiger partial charge in [0.2, 0.25) is 0 Å². The number of nitrogens with one attached hydrogen (secondary N) is 1. The van der Waals surface area contributed by atoms with E-state index in [1.54, 1.807) is 12.3 Å². The smallest absolute Gasteiger partial charge is 0.366 e. The molecule has 6 nitrogen and oxygen atoms in total. The van der Waals surface area contributed by atoms with Crippen LogP contribution in [0.1, 0.15) is 12.1 Å². The fourth-order valence-corrected chi connectivity index (χ4v) is 3.92. The van der Waals surface area contributed by atoms with Gasteiger partial charge in [-0.3, -0.25) is 0 Å². The molecular formula is C21H23F3N6. The van der Waals surface area contributed by atoms with E-state index in [1.807, 2.05) is 29.2 Å². The van der Waals surface area contributed by atoms with Crippen LogP contribution in [0.25, 0.3) is 5.70 Å². The van der Waals surface area contributed by atoms with Gasteiger partial charge in [0.15, 0.2) is 5.82 Å². The first kappa shape index (κ1) is 20.1. The zero-order valence-corrected chi connectivity index (χ0v) is 16.7. The number of aromatic nitrogens is 2. The second kappa shape index (κ2) is 7.55. The lowest BCUT2D eigenvalue weighted by Crippen LogP contribution is -2.43. The number of hydrogen-bond donors (Lipinski definition) is 1. The topological polar surface area (TPSA) is 47.5 Å². The van der Waals surface area contributed by atoms with E-state index in [2.05, 4.69) is 28.4 Å². The summed E-state index contributed by atoms with van der Waals surface area (Å²) in [7, 11) is 1.36. The summed E-state index contributed by atoms with van der Waals surface area (Å²) in [6, 6.07) is 9.34. The molecule has 9 heteroatoms. The molecule has 1 fully saturated rings. The van der Waals surface area contributed by atoms with Crippen LogP contribution >= 0.6 is 0 Å². The maximum Gasteiger partial charge on any atom is 0.405 e. The van der Waals surface area contributed by atoms with Crippen LogP contribution in [0.4, 0.5) is 30.5 Å². The molecule has 1 atom stereocenters. The van der Waals surface area contributed by atoms with Crippen LogP contribution < -0.4 is 15.1 Å². The Morgan fingerprint density at radius 1 is 1.27 bits per heavy atom. The number of pyridine rings is 2. The molecular weight excluding hydrogens is 393 g/mol. The van der Waals surface area contributed by atoms with Crippen molar-refractivity contribution in [1.82, 2.24) is 14.9 Å². The van der Waals surface area contributed by atoms with Crippen LogP contribution in [0.15, 0.2) is 55.5 Å². The molecule has 2 aromatic heterocycles. The molecule has 0 aromatic carbocycles. The summed E-state index contributed by atoms with van der Waals surface area (Å²) in [4.78, 5) is 14.3. The Morgan fingerprint density at radius 2 is 2.07 bits per heavy atom. The molecule has 2 aliphatic rings. The van der Waals surface area contributed by atoms with Crippen molar-refractivity contribution in [3.63, 3.8) is 0 Å². The number of fused-ring (bicyclic) bond motifs is 4. The number of nitrogens with zero attached hydrogens (tertiary/aromatic N) is 5. The van der Waals surface area contributed by atoms with E-state index >= 15 is 0 Å². The van der Waals surface area contributed by atoms with Crippen LogP contribution in [-0.4, -0.2) is 53.8 Å². The van der Waals surface area contributed by atoms with Gasteiger partial charge in [-0.05, 0) is 30.7 Å². The summed E-state index contributed by atoms with van der Waals surface area (Å²) in [6.45, 7) is 8.66. The van der Waals surface area contributed by atoms with Crippen molar-refractivity contribution in [2.24, 2.45) is 0 Å². The lowest BCUT2D eigenvalue weighted by Gasteiger charge is -2.38. The Kier molecular flexibility index (Phi) is 5.05. The van der Waals surface area contributed by atoms with Crippen LogP contribution in [0.5, 0.6) is 0 Å². The number of halogens is 3. The van der Waals surface area contributed by atoms with Gasteiger partial charge < -0.3 is 20.0 Å². The van der Waals surface area contributed by atoms with E-state index in [0.29, 0.717) is 23.2 Å². The van der Waals surface area contributed by atoms with Gasteiger partial charge in [-0.2, -0.15) is 13.2 Å². The van der Waals surface area contributed by atoms with Crippen molar-refractivity contribution in [2.45, 2.75) is 18.6 Å². The van der Waals surface area contributed by atoms with Gasteiger partial charge in [0.25, 0.3) is 0 Å². The highest BCUT2D eigenvalue weighted by molar-refractivity contribution is 5.77. The fourth-order valence-electron chi connectivity index (χ4n) is 3.92. The first-order chi connectivity index (χ1) is 14.2. The molecule has 158 valence electrons. The molecule has 0 radical (unpaired) electrons. The van der Waals surface area contributed by atoms with E-state index in [1.165, 1.54) is 7.05 Å². The Hall–Kier alpha value is -3.23. The maximum atomic E-state index is 12.8. The Bertz CT molecular complexity index is 959. The summed E-state index contributed by atoms with van der Waals surface area (Å²) in [5.74, 6) is 1.95. The predicted molar refractivity (Wildman–Crippen MR) is 112 cm³/mol. The molecule has 0 spiro atoms. The molecule has 30 heavy (non-hydrogen) atoms. The van der Waals surface area contributed by atoms with Gasteiger partial charge in [0.1, 0.15) is 18.2 Å². The van der Waals surface area contributed by atoms with Gasteiger partial charge in [0, 0.05) is 26.3 Å². The van der Waals surface area contributed by atoms with E-state index in [4.69, 9.17) is 4.98 Å². The third-order valence-electron chi connectivity index (χ3n) is 5.35. The largest absolute Gasteiger partial charge is 0.405 e. The SMILES string of the molecule is C=C(c1ccc2c(n1)N(C(=C)Nc1ccccn1)[C@H]1CCN2C1)N(C)CC(F)(F)F. The van der Waals surface area contributed by atoms with Crippen molar-refractivity contribution in [3.05, 3.63) is 61.2 Å². The number of hydrogen-bond acceptors (Lipinski definition) is 6. The normalized spacial score (nSPS) is 17.5. The van der Waals surface area contributed by atoms with E-state index in [9.17, 15) is 13.2 Å². The Morgan fingerprint density at radius 3 is 2.77 bits per heavy atom. The Labute approximate surface area is 173 Å². The minimum Gasteiger partial charge on any atom is -0.366 e. The summed E-state index contributed by atoms with van der Waals surface area (Å²) < 4.78 is 38.4. The maximum absolute atomic E-state index is 12.8. The van der Waals surface area contributed by atoms with Gasteiger partial charge in [-0.15, -0.1) is 0 Å². The van der Waals surface area contributed by atoms with Crippen LogP contribution in [0.2, 0.25) is 0 Å². The molecule has 0 unspecified atom stereocenters. The summed E-state index contributed by atoms with van der Waals surface area (Å²) in [6.07, 6.45) is -1.69. The molecule has 2 aliphatic heterocycles. The minimum absolute atomic E-state index is 0.171. The molecule has 1 saturated heterocycles. The highest BCUT2D eigenvalue weighted by atomic mass is 19.4. The van der Waals surface area contributed by atoms with E-state index in [-0.39, 0.29) is 11.7 Å². The third kappa shape index (κ3) is 3.92. The summed E-state index contributed by atoms with van der Waals surface area (Å²) in [5, 5.41) is 3.22. The highest BCUT2D eigenvalue weighted by Gasteiger charge is 2.38. The Balaban J connectivity index is 1.64. The molecule has 4 heterocycles. The first-order valence-corrected chi connectivity index (χ1v) is 9.62. The molecule has 4 rings (SSSR count). The average molecular weight is 416 g/mol. The van der Waals surface area contributed by atoms with Crippen molar-refractivity contribution >= 4 is 23.0 Å². The third-order valence-corrected chi connectivity index (χ3v) is 5.35. The monoisotopic (exact) mass is 416 g/mol. The predicted octanol–water partition coefficient (Wildman–Crippen LogP) is 3.92. The van der Waals surface area contributed by atoms with Gasteiger partial charge in [0.05, 0.1) is 23.1 Å². The standard InChI is InChI=1S/C21H23F3N6/c1-14(28(3)13-21(22,23)24)17-7-8-18-20(27-17)30(16-9-11-29(18)12-16)15(2)26-19-6-4-5-10-25-19/h4-8,10,16H,1-2,9,11-13H2,3H3,(H,25,26)/t16-/m0/s1. The number of anilines is 3. The van der Waals surface area contributed by atoms with Crippen molar-refractivity contribution in [1.29, 1.82) is 0 Å². The molecule has 0 aliphatic carbocycles. The lowest BCUT2D eigenvalue weighted by atomic mass is 10.1. The molecule has 0 saturated carbocycles. The zero-order chi connectivity index (χ0) is 21.5. The van der Waals surface area contributed by atoms with E-state index < -0.39 is 12.7 Å². The number of rotatable bonds is 6. The molecule has 2 bridgehead atoms. The molecule has 0 amide bonds. The van der Waals surface area contributed by atoms with Crippen LogP contribution in [-0.2, 0) is 0 Å². The molecule has 2 aromatic rings. The van der Waals surface area contributed by atoms with Crippen LogP contribution in [0, 0.1) is 0 Å². The van der Waals surface area contributed by atoms with Gasteiger partial charge in [-0.1, -0.05) is 19.2 Å². The van der Waals surface area contributed by atoms with Crippen LogP contribution in [0.3, 0.4) is 0 Å². The zero-order valence-electron chi connectivity index (χ0n) is 16.7. The van der Waals surface area contributed by atoms with Gasteiger partial charge >= 0.3 is 6.18 Å². The van der Waals surface area contributed by atoms with Gasteiger partial charge in [-0.25, -0.2) is 9.97 Å². The first-order valence-electron chi connectivity index (χ1n) is 9.62. The fraction of sp³-hybridized carbons (Fsp3) is 0.333. The molecule has 1 N–H and O–H groups in total. The summed E-state index contributed by atoms with van der Waals surface area (Å²) in [5.41, 5.74) is 1.55. The van der Waals surface area contributed by atoms with Crippen molar-refractivity contribution in [2.75, 3.05) is 41.8 Å². The minimum atomic E-state index is -4.32. The quantitative estimate of drug-likeness (QED) is 0.770. The van der Waals surface area contributed by atoms with E-state index in [0.717, 1.165) is 30.1 Å². The van der Waals surface area contributed by atoms with Crippen molar-refractivity contribution < 1.29 is 13.2 Å². The highest BCUT2D eigenvalue weighted by Crippen LogP contribution is 2.41. The summed E-state index contributed by atoms with van der Waals surface area (Å²) >= 11 is 0.